The molecule has 2 aromatic heterocycles. The number of hydrogen-bond donors (Lipinski definition) is 2. The number of aromatic nitrogens is 4. The Morgan fingerprint density at radius 2 is 2.17 bits per heavy atom. The fourth-order valence-corrected chi connectivity index (χ4v) is 2.67. The Hall–Kier alpha value is -2.60. The highest BCUT2D eigenvalue weighted by molar-refractivity contribution is 6.34. The Kier molecular flexibility index (Phi) is 4.96. The molecule has 2 heterocycles. The second-order valence-corrected chi connectivity index (χ2v) is 5.92. The standard InChI is InChI=1S/C17H18ClN5O/c1-12-15(18)16(22-21-12)17(24)20-14(13-5-3-2-4-6-13)7-9-23-10-8-19-11-23/h2-6,8,10-11,14H,7,9H2,1H3,(H,20,24)(H,21,22). The van der Waals surface area contributed by atoms with Gasteiger partial charge in [-0.3, -0.25) is 9.89 Å². The molecular weight excluding hydrogens is 326 g/mol. The lowest BCUT2D eigenvalue weighted by Crippen LogP contribution is -2.30. The number of rotatable bonds is 6. The van der Waals surface area contributed by atoms with Crippen LogP contribution in [0.3, 0.4) is 0 Å². The molecule has 0 fully saturated rings. The Bertz CT molecular complexity index is 798. The van der Waals surface area contributed by atoms with Gasteiger partial charge in [0.2, 0.25) is 0 Å². The summed E-state index contributed by atoms with van der Waals surface area (Å²) in [5.74, 6) is -0.288. The summed E-state index contributed by atoms with van der Waals surface area (Å²) < 4.78 is 1.98. The van der Waals surface area contributed by atoms with Gasteiger partial charge in [0.25, 0.3) is 5.91 Å². The van der Waals surface area contributed by atoms with Crippen LogP contribution >= 0.6 is 11.6 Å². The van der Waals surface area contributed by atoms with Crippen molar-refractivity contribution in [3.63, 3.8) is 0 Å². The average molecular weight is 344 g/mol. The van der Waals surface area contributed by atoms with Crippen molar-refractivity contribution in [3.05, 3.63) is 71.0 Å². The molecule has 24 heavy (non-hydrogen) atoms. The molecule has 6 nitrogen and oxygen atoms in total. The zero-order chi connectivity index (χ0) is 16.9. The van der Waals surface area contributed by atoms with Crippen molar-refractivity contribution >= 4 is 17.5 Å². The number of halogens is 1. The highest BCUT2D eigenvalue weighted by Crippen LogP contribution is 2.21. The summed E-state index contributed by atoms with van der Waals surface area (Å²) in [7, 11) is 0. The number of aryl methyl sites for hydroxylation is 2. The molecule has 1 atom stereocenters. The summed E-state index contributed by atoms with van der Waals surface area (Å²) >= 11 is 6.12. The van der Waals surface area contributed by atoms with Crippen LogP contribution in [-0.2, 0) is 6.54 Å². The highest BCUT2D eigenvalue weighted by Gasteiger charge is 2.20. The summed E-state index contributed by atoms with van der Waals surface area (Å²) in [4.78, 5) is 16.6. The first-order valence-electron chi connectivity index (χ1n) is 7.67. The first-order chi connectivity index (χ1) is 11.6. The van der Waals surface area contributed by atoms with Crippen LogP contribution in [0.15, 0.2) is 49.1 Å². The lowest BCUT2D eigenvalue weighted by atomic mass is 10.0. The van der Waals surface area contributed by atoms with Gasteiger partial charge < -0.3 is 9.88 Å². The smallest absolute Gasteiger partial charge is 0.273 e. The van der Waals surface area contributed by atoms with Gasteiger partial charge in [0.15, 0.2) is 5.69 Å². The van der Waals surface area contributed by atoms with Gasteiger partial charge >= 0.3 is 0 Å². The zero-order valence-electron chi connectivity index (χ0n) is 13.2. The minimum atomic E-state index is -0.288. The Morgan fingerprint density at radius 1 is 1.38 bits per heavy atom. The molecule has 2 N–H and O–H groups in total. The predicted molar refractivity (Wildman–Crippen MR) is 91.8 cm³/mol. The van der Waals surface area contributed by atoms with Gasteiger partial charge in [-0.2, -0.15) is 5.10 Å². The van der Waals surface area contributed by atoms with Gasteiger partial charge in [0, 0.05) is 18.9 Å². The maximum atomic E-state index is 12.5. The molecule has 0 spiro atoms. The van der Waals surface area contributed by atoms with Crippen LogP contribution < -0.4 is 5.32 Å². The molecule has 3 aromatic rings. The van der Waals surface area contributed by atoms with Crippen LogP contribution in [0.2, 0.25) is 5.02 Å². The number of H-pyrrole nitrogens is 1. The van der Waals surface area contributed by atoms with Crippen molar-refractivity contribution in [1.82, 2.24) is 25.1 Å². The summed E-state index contributed by atoms with van der Waals surface area (Å²) in [6.07, 6.45) is 6.13. The zero-order valence-corrected chi connectivity index (χ0v) is 14.0. The van der Waals surface area contributed by atoms with E-state index in [4.69, 9.17) is 11.6 Å². The molecule has 1 aromatic carbocycles. The Labute approximate surface area is 144 Å². The Balaban J connectivity index is 1.76. The maximum Gasteiger partial charge on any atom is 0.273 e. The average Bonchev–Trinajstić information content (AvgIpc) is 3.23. The van der Waals surface area contributed by atoms with Crippen LogP contribution in [0.1, 0.15) is 34.2 Å². The van der Waals surface area contributed by atoms with E-state index in [2.05, 4.69) is 20.5 Å². The minimum absolute atomic E-state index is 0.144. The summed E-state index contributed by atoms with van der Waals surface area (Å²) in [5, 5.41) is 10.1. The SMILES string of the molecule is Cc1[nH]nc(C(=O)NC(CCn2ccnc2)c2ccccc2)c1Cl. The summed E-state index contributed by atoms with van der Waals surface area (Å²) in [6.45, 7) is 2.52. The number of carbonyl (C=O) groups excluding carboxylic acids is 1. The fourth-order valence-electron chi connectivity index (χ4n) is 2.50. The molecule has 0 bridgehead atoms. The van der Waals surface area contributed by atoms with Gasteiger partial charge in [-0.05, 0) is 18.9 Å². The topological polar surface area (TPSA) is 75.6 Å². The molecule has 124 valence electrons. The molecular formula is C17H18ClN5O. The van der Waals surface area contributed by atoms with Crippen LogP contribution in [0.25, 0.3) is 0 Å². The number of aromatic amines is 1. The quantitative estimate of drug-likeness (QED) is 0.722. The van der Waals surface area contributed by atoms with Crippen LogP contribution in [0.4, 0.5) is 0 Å². The molecule has 0 aliphatic carbocycles. The van der Waals surface area contributed by atoms with Crippen LogP contribution in [0.5, 0.6) is 0 Å². The predicted octanol–water partition coefficient (Wildman–Crippen LogP) is 3.13. The number of hydrogen-bond acceptors (Lipinski definition) is 3. The minimum Gasteiger partial charge on any atom is -0.344 e. The van der Waals surface area contributed by atoms with E-state index in [-0.39, 0.29) is 17.6 Å². The lowest BCUT2D eigenvalue weighted by molar-refractivity contribution is 0.0928. The van der Waals surface area contributed by atoms with Gasteiger partial charge in [-0.25, -0.2) is 4.98 Å². The van der Waals surface area contributed by atoms with Gasteiger partial charge in [0.1, 0.15) is 0 Å². The van der Waals surface area contributed by atoms with Crippen molar-refractivity contribution in [2.75, 3.05) is 0 Å². The molecule has 0 aliphatic rings. The summed E-state index contributed by atoms with van der Waals surface area (Å²) in [6, 6.07) is 9.71. The molecule has 0 saturated carbocycles. The fraction of sp³-hybridized carbons (Fsp3) is 0.235. The monoisotopic (exact) mass is 343 g/mol. The van der Waals surface area contributed by atoms with E-state index in [1.54, 1.807) is 19.4 Å². The van der Waals surface area contributed by atoms with E-state index < -0.39 is 0 Å². The van der Waals surface area contributed by atoms with Gasteiger partial charge in [-0.15, -0.1) is 0 Å². The second-order valence-electron chi connectivity index (χ2n) is 5.54. The number of imidazole rings is 1. The maximum absolute atomic E-state index is 12.5. The number of amides is 1. The van der Waals surface area contributed by atoms with E-state index in [0.717, 1.165) is 18.5 Å². The first kappa shape index (κ1) is 16.3. The molecule has 0 radical (unpaired) electrons. The molecule has 7 heteroatoms. The van der Waals surface area contributed by atoms with Gasteiger partial charge in [0.05, 0.1) is 23.1 Å². The number of nitrogens with one attached hydrogen (secondary N) is 2. The van der Waals surface area contributed by atoms with E-state index in [1.165, 1.54) is 0 Å². The van der Waals surface area contributed by atoms with Crippen molar-refractivity contribution in [3.8, 4) is 0 Å². The van der Waals surface area contributed by atoms with Gasteiger partial charge in [-0.1, -0.05) is 41.9 Å². The third-order valence-corrected chi connectivity index (χ3v) is 4.29. The van der Waals surface area contributed by atoms with E-state index in [9.17, 15) is 4.79 Å². The molecule has 1 unspecified atom stereocenters. The highest BCUT2D eigenvalue weighted by atomic mass is 35.5. The van der Waals surface area contributed by atoms with E-state index >= 15 is 0 Å². The lowest BCUT2D eigenvalue weighted by Gasteiger charge is -2.19. The number of nitrogens with zero attached hydrogens (tertiary/aromatic N) is 3. The first-order valence-corrected chi connectivity index (χ1v) is 8.05. The molecule has 0 saturated heterocycles. The Morgan fingerprint density at radius 3 is 2.79 bits per heavy atom. The third-order valence-electron chi connectivity index (χ3n) is 3.83. The largest absolute Gasteiger partial charge is 0.344 e. The molecule has 1 amide bonds. The number of benzene rings is 1. The van der Waals surface area contributed by atoms with Crippen molar-refractivity contribution in [1.29, 1.82) is 0 Å². The van der Waals surface area contributed by atoms with Crippen molar-refractivity contribution in [2.45, 2.75) is 25.9 Å². The normalized spacial score (nSPS) is 12.1. The van der Waals surface area contributed by atoms with Crippen LogP contribution in [-0.4, -0.2) is 25.7 Å². The third kappa shape index (κ3) is 3.65. The van der Waals surface area contributed by atoms with Crippen LogP contribution in [0, 0.1) is 6.92 Å². The van der Waals surface area contributed by atoms with E-state index in [1.807, 2.05) is 41.1 Å². The van der Waals surface area contributed by atoms with E-state index in [0.29, 0.717) is 10.7 Å². The summed E-state index contributed by atoms with van der Waals surface area (Å²) in [5.41, 5.74) is 1.93. The molecule has 3 rings (SSSR count). The molecule has 0 aliphatic heterocycles. The van der Waals surface area contributed by atoms with Crippen molar-refractivity contribution < 1.29 is 4.79 Å². The number of carbonyl (C=O) groups is 1. The van der Waals surface area contributed by atoms with Crippen molar-refractivity contribution in [2.24, 2.45) is 0 Å². The second kappa shape index (κ2) is 7.31.